The first kappa shape index (κ1) is 19.8. The van der Waals surface area contributed by atoms with Gasteiger partial charge in [-0.2, -0.15) is 23.1 Å². The molecule has 0 aromatic carbocycles. The smallest absolute Gasteiger partial charge is 0.451 e. The molecule has 0 bridgehead atoms. The number of alkyl halides is 3. The zero-order valence-corrected chi connectivity index (χ0v) is 14.9. The highest BCUT2D eigenvalue weighted by atomic mass is 19.4. The fraction of sp³-hybridized carbons (Fsp3) is 0.706. The van der Waals surface area contributed by atoms with Gasteiger partial charge in [-0.1, -0.05) is 6.92 Å². The van der Waals surface area contributed by atoms with Crippen molar-refractivity contribution in [1.82, 2.24) is 9.97 Å². The number of halogens is 3. The molecule has 1 aliphatic carbocycles. The SMILES string of the molecule is CCCC(=O)Oc1cc(OC2CCC3(CCOO3)CC2)nc(C(F)(F)F)n1. The van der Waals surface area contributed by atoms with Crippen LogP contribution in [-0.2, 0) is 20.7 Å². The van der Waals surface area contributed by atoms with E-state index in [0.717, 1.165) is 12.5 Å². The van der Waals surface area contributed by atoms with E-state index in [2.05, 4.69) is 9.97 Å². The van der Waals surface area contributed by atoms with Gasteiger partial charge < -0.3 is 9.47 Å². The molecule has 10 heteroatoms. The molecule has 7 nitrogen and oxygen atoms in total. The summed E-state index contributed by atoms with van der Waals surface area (Å²) in [6.07, 6.45) is -1.14. The van der Waals surface area contributed by atoms with Crippen molar-refractivity contribution >= 4 is 5.97 Å². The van der Waals surface area contributed by atoms with Crippen LogP contribution in [-0.4, -0.2) is 34.2 Å². The minimum Gasteiger partial charge on any atom is -0.474 e. The van der Waals surface area contributed by atoms with Crippen molar-refractivity contribution in [2.24, 2.45) is 0 Å². The molecule has 0 N–H and O–H groups in total. The van der Waals surface area contributed by atoms with Crippen LogP contribution in [0.3, 0.4) is 0 Å². The fourth-order valence-corrected chi connectivity index (χ4v) is 3.19. The Morgan fingerprint density at radius 3 is 2.56 bits per heavy atom. The zero-order chi connectivity index (χ0) is 19.5. The third-order valence-electron chi connectivity index (χ3n) is 4.61. The van der Waals surface area contributed by atoms with Gasteiger partial charge in [-0.15, -0.1) is 0 Å². The summed E-state index contributed by atoms with van der Waals surface area (Å²) in [5.74, 6) is -2.79. The number of esters is 1. The summed E-state index contributed by atoms with van der Waals surface area (Å²) >= 11 is 0. The highest BCUT2D eigenvalue weighted by Crippen LogP contribution is 2.39. The zero-order valence-electron chi connectivity index (χ0n) is 14.9. The van der Waals surface area contributed by atoms with Crippen molar-refractivity contribution in [3.63, 3.8) is 0 Å². The Labute approximate surface area is 154 Å². The van der Waals surface area contributed by atoms with Gasteiger partial charge in [-0.25, -0.2) is 9.78 Å². The average Bonchev–Trinajstić information content (AvgIpc) is 3.05. The van der Waals surface area contributed by atoms with Gasteiger partial charge in [0.2, 0.25) is 17.6 Å². The maximum atomic E-state index is 13.1. The predicted molar refractivity (Wildman–Crippen MR) is 84.8 cm³/mol. The normalized spacial score (nSPS) is 25.6. The molecular formula is C17H21F3N2O5. The summed E-state index contributed by atoms with van der Waals surface area (Å²) in [5.41, 5.74) is -0.316. The minimum absolute atomic E-state index is 0.0777. The molecule has 3 rings (SSSR count). The van der Waals surface area contributed by atoms with E-state index in [9.17, 15) is 18.0 Å². The number of ether oxygens (including phenoxy) is 2. The number of hydrogen-bond acceptors (Lipinski definition) is 7. The first-order chi connectivity index (χ1) is 12.8. The summed E-state index contributed by atoms with van der Waals surface area (Å²) in [5, 5.41) is 0. The summed E-state index contributed by atoms with van der Waals surface area (Å²) in [6.45, 7) is 2.30. The van der Waals surface area contributed by atoms with E-state index in [4.69, 9.17) is 19.2 Å². The molecule has 1 aliphatic heterocycles. The number of hydrogen-bond donors (Lipinski definition) is 0. The van der Waals surface area contributed by atoms with Gasteiger partial charge >= 0.3 is 12.1 Å². The lowest BCUT2D eigenvalue weighted by atomic mass is 9.81. The van der Waals surface area contributed by atoms with E-state index >= 15 is 0 Å². The third kappa shape index (κ3) is 5.07. The minimum atomic E-state index is -4.78. The van der Waals surface area contributed by atoms with Gasteiger partial charge in [0.25, 0.3) is 0 Å². The summed E-state index contributed by atoms with van der Waals surface area (Å²) < 4.78 is 49.7. The van der Waals surface area contributed by atoms with E-state index in [0.29, 0.717) is 38.7 Å². The Balaban J connectivity index is 1.71. The van der Waals surface area contributed by atoms with Crippen LogP contribution in [0.4, 0.5) is 13.2 Å². The number of aromatic nitrogens is 2. The average molecular weight is 390 g/mol. The third-order valence-corrected chi connectivity index (χ3v) is 4.61. The summed E-state index contributed by atoms with van der Waals surface area (Å²) in [7, 11) is 0. The maximum absolute atomic E-state index is 13.1. The first-order valence-electron chi connectivity index (χ1n) is 8.94. The van der Waals surface area contributed by atoms with Crippen LogP contribution in [0, 0.1) is 0 Å². The number of nitrogens with zero attached hydrogens (tertiary/aromatic N) is 2. The Morgan fingerprint density at radius 1 is 1.26 bits per heavy atom. The molecule has 0 amide bonds. The Bertz CT molecular complexity index is 667. The second-order valence-corrected chi connectivity index (χ2v) is 6.75. The second-order valence-electron chi connectivity index (χ2n) is 6.75. The lowest BCUT2D eigenvalue weighted by Crippen LogP contribution is -2.37. The van der Waals surface area contributed by atoms with Crippen molar-refractivity contribution in [1.29, 1.82) is 0 Å². The largest absolute Gasteiger partial charge is 0.474 e. The Kier molecular flexibility index (Phi) is 5.85. The van der Waals surface area contributed by atoms with Gasteiger partial charge in [0.1, 0.15) is 11.7 Å². The van der Waals surface area contributed by atoms with E-state index in [1.807, 2.05) is 0 Å². The van der Waals surface area contributed by atoms with Crippen LogP contribution in [0.5, 0.6) is 11.8 Å². The van der Waals surface area contributed by atoms with Crippen LogP contribution < -0.4 is 9.47 Å². The van der Waals surface area contributed by atoms with Gasteiger partial charge in [-0.05, 0) is 32.1 Å². The van der Waals surface area contributed by atoms with Crippen LogP contribution in [0.15, 0.2) is 6.07 Å². The Morgan fingerprint density at radius 2 is 1.96 bits per heavy atom. The van der Waals surface area contributed by atoms with Crippen LogP contribution in [0.25, 0.3) is 0 Å². The standard InChI is InChI=1S/C17H21F3N2O5/c1-2-3-14(23)26-13-10-12(21-15(22-13)17(18,19)20)25-11-4-6-16(7-5-11)8-9-24-27-16/h10-11H,2-9H2,1H3. The number of carbonyl (C=O) groups excluding carboxylic acids is 1. The van der Waals surface area contributed by atoms with Crippen molar-refractivity contribution < 1.29 is 37.2 Å². The quantitative estimate of drug-likeness (QED) is 0.561. The van der Waals surface area contributed by atoms with Crippen LogP contribution >= 0.6 is 0 Å². The monoisotopic (exact) mass is 390 g/mol. The number of rotatable bonds is 5. The van der Waals surface area contributed by atoms with Crippen LogP contribution in [0.1, 0.15) is 57.7 Å². The van der Waals surface area contributed by atoms with Crippen molar-refractivity contribution in [3.05, 3.63) is 11.9 Å². The van der Waals surface area contributed by atoms with Gasteiger partial charge in [0, 0.05) is 12.8 Å². The lowest BCUT2D eigenvalue weighted by Gasteiger charge is -2.34. The topological polar surface area (TPSA) is 79.8 Å². The van der Waals surface area contributed by atoms with E-state index in [1.54, 1.807) is 6.92 Å². The first-order valence-corrected chi connectivity index (χ1v) is 8.94. The maximum Gasteiger partial charge on any atom is 0.451 e. The van der Waals surface area contributed by atoms with Crippen molar-refractivity contribution in [3.8, 4) is 11.8 Å². The predicted octanol–water partition coefficient (Wildman–Crippen LogP) is 3.61. The fourth-order valence-electron chi connectivity index (χ4n) is 3.19. The molecule has 1 saturated heterocycles. The molecule has 1 spiro atoms. The van der Waals surface area contributed by atoms with Gasteiger partial charge in [-0.3, -0.25) is 4.79 Å². The Hall–Kier alpha value is -1.94. The van der Waals surface area contributed by atoms with E-state index < -0.39 is 23.8 Å². The lowest BCUT2D eigenvalue weighted by molar-refractivity contribution is -0.316. The van der Waals surface area contributed by atoms with Gasteiger partial charge in [0.05, 0.1) is 12.7 Å². The molecule has 0 unspecified atom stereocenters. The summed E-state index contributed by atoms with van der Waals surface area (Å²) in [6, 6.07) is 1.11. The molecule has 2 aliphatic rings. The van der Waals surface area contributed by atoms with Crippen molar-refractivity contribution in [2.75, 3.05) is 6.61 Å². The molecule has 2 fully saturated rings. The molecule has 1 aromatic rings. The highest BCUT2D eigenvalue weighted by Gasteiger charge is 2.42. The second kappa shape index (κ2) is 7.97. The molecule has 2 heterocycles. The van der Waals surface area contributed by atoms with E-state index in [1.165, 1.54) is 0 Å². The molecule has 1 aromatic heterocycles. The highest BCUT2D eigenvalue weighted by molar-refractivity contribution is 5.71. The van der Waals surface area contributed by atoms with E-state index in [-0.39, 0.29) is 24.0 Å². The molecule has 27 heavy (non-hydrogen) atoms. The molecule has 0 atom stereocenters. The number of carbonyl (C=O) groups is 1. The summed E-state index contributed by atoms with van der Waals surface area (Å²) in [4.78, 5) is 28.6. The molecule has 0 radical (unpaired) electrons. The molecule has 1 saturated carbocycles. The van der Waals surface area contributed by atoms with Crippen LogP contribution in [0.2, 0.25) is 0 Å². The molecule has 150 valence electrons. The molecular weight excluding hydrogens is 369 g/mol. The van der Waals surface area contributed by atoms with Gasteiger partial charge in [0.15, 0.2) is 0 Å². The van der Waals surface area contributed by atoms with Crippen molar-refractivity contribution in [2.45, 2.75) is 69.8 Å².